The molecule has 4 N–H and O–H groups in total. The van der Waals surface area contributed by atoms with Crippen LogP contribution in [0.3, 0.4) is 0 Å². The number of carbonyl (C=O) groups excluding carboxylic acids is 2. The number of aliphatic carboxylic acids is 1. The molecule has 0 saturated carbocycles. The van der Waals surface area contributed by atoms with Gasteiger partial charge in [-0.05, 0) is 37.1 Å². The molecule has 8 nitrogen and oxygen atoms in total. The summed E-state index contributed by atoms with van der Waals surface area (Å²) < 4.78 is 10.5. The van der Waals surface area contributed by atoms with Crippen LogP contribution in [0, 0.1) is 0 Å². The Labute approximate surface area is 132 Å². The Morgan fingerprint density at radius 1 is 1.22 bits per heavy atom. The maximum absolute atomic E-state index is 12.0. The fourth-order valence-corrected chi connectivity index (χ4v) is 2.14. The van der Waals surface area contributed by atoms with Crippen molar-refractivity contribution in [2.75, 3.05) is 11.9 Å². The molecular weight excluding hydrogens is 304 g/mol. The number of benzene rings is 1. The van der Waals surface area contributed by atoms with E-state index >= 15 is 0 Å². The largest absolute Gasteiger partial charge is 0.493 e. The van der Waals surface area contributed by atoms with E-state index in [1.165, 1.54) is 0 Å². The first-order valence-corrected chi connectivity index (χ1v) is 7.16. The third-order valence-electron chi connectivity index (χ3n) is 3.33. The van der Waals surface area contributed by atoms with Crippen LogP contribution in [-0.2, 0) is 19.1 Å². The quantitative estimate of drug-likeness (QED) is 0.671. The van der Waals surface area contributed by atoms with Gasteiger partial charge in [-0.25, -0.2) is 4.79 Å². The molecule has 1 aromatic rings. The smallest absolute Gasteiger partial charge is 0.332 e. The van der Waals surface area contributed by atoms with E-state index in [-0.39, 0.29) is 18.9 Å². The van der Waals surface area contributed by atoms with E-state index in [4.69, 9.17) is 20.3 Å². The number of anilines is 1. The molecule has 0 aromatic heterocycles. The zero-order chi connectivity index (χ0) is 16.8. The number of ether oxygens (including phenoxy) is 2. The third-order valence-corrected chi connectivity index (χ3v) is 3.33. The van der Waals surface area contributed by atoms with Gasteiger partial charge in [0.1, 0.15) is 11.9 Å². The maximum atomic E-state index is 12.0. The molecule has 2 atom stereocenters. The van der Waals surface area contributed by atoms with Gasteiger partial charge >= 0.3 is 5.97 Å². The summed E-state index contributed by atoms with van der Waals surface area (Å²) in [6.07, 6.45) is -0.867. The van der Waals surface area contributed by atoms with Gasteiger partial charge in [0.2, 0.25) is 5.91 Å². The minimum absolute atomic E-state index is 0.127. The fraction of sp³-hybridized carbons (Fsp3) is 0.400. The molecule has 0 aliphatic carbocycles. The van der Waals surface area contributed by atoms with Crippen LogP contribution in [0.4, 0.5) is 5.69 Å². The molecule has 23 heavy (non-hydrogen) atoms. The van der Waals surface area contributed by atoms with E-state index in [0.717, 1.165) is 0 Å². The van der Waals surface area contributed by atoms with Gasteiger partial charge < -0.3 is 25.6 Å². The maximum Gasteiger partial charge on any atom is 0.332 e. The lowest BCUT2D eigenvalue weighted by atomic mass is 10.2. The zero-order valence-corrected chi connectivity index (χ0v) is 12.4. The highest BCUT2D eigenvalue weighted by Gasteiger charge is 2.34. The number of carboxylic acid groups (broad SMARTS) is 1. The topological polar surface area (TPSA) is 128 Å². The third kappa shape index (κ3) is 4.96. The zero-order valence-electron chi connectivity index (χ0n) is 12.4. The van der Waals surface area contributed by atoms with Crippen LogP contribution >= 0.6 is 0 Å². The Kier molecular flexibility index (Phi) is 5.53. The van der Waals surface area contributed by atoms with Crippen molar-refractivity contribution in [1.82, 2.24) is 0 Å². The van der Waals surface area contributed by atoms with Gasteiger partial charge in [0, 0.05) is 5.69 Å². The Morgan fingerprint density at radius 2 is 1.87 bits per heavy atom. The molecule has 1 heterocycles. The lowest BCUT2D eigenvalue weighted by Gasteiger charge is -2.12. The Bertz CT molecular complexity index is 586. The van der Waals surface area contributed by atoms with Crippen LogP contribution in [0.2, 0.25) is 0 Å². The van der Waals surface area contributed by atoms with Crippen molar-refractivity contribution in [2.24, 2.45) is 5.73 Å². The molecule has 1 aliphatic heterocycles. The summed E-state index contributed by atoms with van der Waals surface area (Å²) in [5.74, 6) is -1.33. The summed E-state index contributed by atoms with van der Waals surface area (Å²) in [6.45, 7) is 0.188. The Balaban J connectivity index is 1.82. The van der Waals surface area contributed by atoms with Crippen LogP contribution in [0.25, 0.3) is 0 Å². The standard InChI is InChI=1S/C15H18N2O6/c16-13(18)7-8-22-10-3-1-9(2-4-10)17-14(19)11-5-6-12(23-11)15(20)21/h1-4,11-12H,5-8H2,(H2,16,18)(H,17,19)(H,20,21)/t11-,12+/m0/s1. The summed E-state index contributed by atoms with van der Waals surface area (Å²) in [7, 11) is 0. The molecule has 124 valence electrons. The number of hydrogen-bond acceptors (Lipinski definition) is 5. The number of rotatable bonds is 7. The number of carboxylic acids is 1. The summed E-state index contributed by atoms with van der Waals surface area (Å²) in [4.78, 5) is 33.4. The van der Waals surface area contributed by atoms with E-state index in [2.05, 4.69) is 5.32 Å². The molecule has 8 heteroatoms. The molecule has 1 fully saturated rings. The second-order valence-corrected chi connectivity index (χ2v) is 5.11. The summed E-state index contributed by atoms with van der Waals surface area (Å²) in [6, 6.07) is 6.57. The second kappa shape index (κ2) is 7.59. The highest BCUT2D eigenvalue weighted by molar-refractivity contribution is 5.94. The first-order valence-electron chi connectivity index (χ1n) is 7.16. The minimum Gasteiger partial charge on any atom is -0.493 e. The van der Waals surface area contributed by atoms with Crippen molar-refractivity contribution in [3.8, 4) is 5.75 Å². The monoisotopic (exact) mass is 322 g/mol. The van der Waals surface area contributed by atoms with E-state index < -0.39 is 24.1 Å². The van der Waals surface area contributed by atoms with Gasteiger partial charge in [-0.3, -0.25) is 9.59 Å². The van der Waals surface area contributed by atoms with Crippen LogP contribution in [0.5, 0.6) is 5.75 Å². The summed E-state index contributed by atoms with van der Waals surface area (Å²) in [5.41, 5.74) is 5.55. The van der Waals surface area contributed by atoms with Gasteiger partial charge in [-0.15, -0.1) is 0 Å². The lowest BCUT2D eigenvalue weighted by Crippen LogP contribution is -2.29. The molecule has 2 amide bonds. The van der Waals surface area contributed by atoms with Crippen molar-refractivity contribution in [3.63, 3.8) is 0 Å². The molecule has 2 rings (SSSR count). The van der Waals surface area contributed by atoms with Crippen molar-refractivity contribution in [1.29, 1.82) is 0 Å². The van der Waals surface area contributed by atoms with E-state index in [0.29, 0.717) is 24.3 Å². The molecular formula is C15H18N2O6. The molecule has 0 bridgehead atoms. The number of amides is 2. The predicted octanol–water partition coefficient (Wildman–Crippen LogP) is 0.511. The number of nitrogens with two attached hydrogens (primary N) is 1. The lowest BCUT2D eigenvalue weighted by molar-refractivity contribution is -0.150. The number of nitrogens with one attached hydrogen (secondary N) is 1. The molecule has 0 radical (unpaired) electrons. The van der Waals surface area contributed by atoms with Crippen molar-refractivity contribution in [3.05, 3.63) is 24.3 Å². The van der Waals surface area contributed by atoms with Crippen LogP contribution in [-0.4, -0.2) is 41.7 Å². The Hall–Kier alpha value is -2.61. The Morgan fingerprint density at radius 3 is 2.43 bits per heavy atom. The fourth-order valence-electron chi connectivity index (χ4n) is 2.14. The minimum atomic E-state index is -1.06. The normalized spacial score (nSPS) is 20.0. The van der Waals surface area contributed by atoms with Gasteiger partial charge in [0.25, 0.3) is 5.91 Å². The van der Waals surface area contributed by atoms with Gasteiger partial charge in [0.05, 0.1) is 13.0 Å². The molecule has 0 spiro atoms. The molecule has 1 saturated heterocycles. The van der Waals surface area contributed by atoms with Crippen molar-refractivity contribution in [2.45, 2.75) is 31.5 Å². The number of carbonyl (C=O) groups is 3. The van der Waals surface area contributed by atoms with Gasteiger partial charge in [-0.1, -0.05) is 0 Å². The molecule has 1 aromatic carbocycles. The summed E-state index contributed by atoms with van der Waals surface area (Å²) in [5, 5.41) is 11.5. The average molecular weight is 322 g/mol. The summed E-state index contributed by atoms with van der Waals surface area (Å²) >= 11 is 0. The molecule has 1 aliphatic rings. The SMILES string of the molecule is NC(=O)CCOc1ccc(NC(=O)[C@@H]2CC[C@H](C(=O)O)O2)cc1. The van der Waals surface area contributed by atoms with Gasteiger partial charge in [-0.2, -0.15) is 0 Å². The van der Waals surface area contributed by atoms with Crippen LogP contribution in [0.1, 0.15) is 19.3 Å². The highest BCUT2D eigenvalue weighted by Crippen LogP contribution is 2.22. The van der Waals surface area contributed by atoms with Crippen LogP contribution in [0.15, 0.2) is 24.3 Å². The first kappa shape index (κ1) is 16.8. The van der Waals surface area contributed by atoms with Crippen molar-refractivity contribution < 1.29 is 29.0 Å². The number of hydrogen-bond donors (Lipinski definition) is 3. The van der Waals surface area contributed by atoms with Crippen molar-refractivity contribution >= 4 is 23.5 Å². The highest BCUT2D eigenvalue weighted by atomic mass is 16.5. The van der Waals surface area contributed by atoms with E-state index in [1.54, 1.807) is 24.3 Å². The van der Waals surface area contributed by atoms with E-state index in [9.17, 15) is 14.4 Å². The second-order valence-electron chi connectivity index (χ2n) is 5.11. The van der Waals surface area contributed by atoms with Crippen LogP contribution < -0.4 is 15.8 Å². The van der Waals surface area contributed by atoms with Gasteiger partial charge in [0.15, 0.2) is 6.10 Å². The first-order chi connectivity index (χ1) is 11.0. The molecule has 0 unspecified atom stereocenters. The predicted molar refractivity (Wildman–Crippen MR) is 79.9 cm³/mol. The number of primary amides is 1. The average Bonchev–Trinajstić information content (AvgIpc) is 2.99. The van der Waals surface area contributed by atoms with E-state index in [1.807, 2.05) is 0 Å².